The van der Waals surface area contributed by atoms with E-state index in [2.05, 4.69) is 31.3 Å². The van der Waals surface area contributed by atoms with Gasteiger partial charge < -0.3 is 65.5 Å². The van der Waals surface area contributed by atoms with Gasteiger partial charge in [-0.25, -0.2) is 13.2 Å². The highest BCUT2D eigenvalue weighted by Gasteiger charge is 2.51. The van der Waals surface area contributed by atoms with E-state index in [-0.39, 0.29) is 83.5 Å². The van der Waals surface area contributed by atoms with E-state index in [4.69, 9.17) is 29.4 Å². The van der Waals surface area contributed by atoms with Gasteiger partial charge in [-0.1, -0.05) is 0 Å². The molecule has 1 aromatic carbocycles. The van der Waals surface area contributed by atoms with Gasteiger partial charge in [0.25, 0.3) is 0 Å². The van der Waals surface area contributed by atoms with Crippen LogP contribution in [0.5, 0.6) is 5.75 Å². The molecular weight excluding hydrogens is 988 g/mol. The highest BCUT2D eigenvalue weighted by atomic mass is 19.2. The van der Waals surface area contributed by atoms with Gasteiger partial charge in [0.15, 0.2) is 18.5 Å². The van der Waals surface area contributed by atoms with Gasteiger partial charge >= 0.3 is 23.9 Å². The van der Waals surface area contributed by atoms with Crippen molar-refractivity contribution >= 4 is 59.7 Å². The van der Waals surface area contributed by atoms with Crippen LogP contribution in [-0.4, -0.2) is 135 Å². The molecule has 1 saturated heterocycles. The molecule has 1 fully saturated rings. The van der Waals surface area contributed by atoms with Crippen LogP contribution in [0, 0.1) is 29.1 Å². The number of nitrogens with two attached hydrogens (primary N) is 1. The molecule has 0 bridgehead atoms. The predicted octanol–water partition coefficient (Wildman–Crippen LogP) is 1.78. The molecular formula is C46H65F5N6O16. The van der Waals surface area contributed by atoms with E-state index in [1.54, 1.807) is 0 Å². The van der Waals surface area contributed by atoms with Crippen molar-refractivity contribution in [2.24, 2.45) is 5.73 Å². The third-order valence-corrected chi connectivity index (χ3v) is 10.8. The van der Waals surface area contributed by atoms with E-state index >= 15 is 0 Å². The van der Waals surface area contributed by atoms with E-state index in [1.165, 1.54) is 6.92 Å². The van der Waals surface area contributed by atoms with E-state index < -0.39 is 138 Å². The molecule has 0 saturated carbocycles. The van der Waals surface area contributed by atoms with Crippen LogP contribution in [0.3, 0.4) is 0 Å². The molecule has 410 valence electrons. The summed E-state index contributed by atoms with van der Waals surface area (Å²) in [5, 5.41) is 13.5. The van der Waals surface area contributed by atoms with Gasteiger partial charge in [0.1, 0.15) is 25.0 Å². The maximum Gasteiger partial charge on any atom is 0.311 e. The Labute approximate surface area is 417 Å². The number of esters is 4. The number of hydrogen-bond donors (Lipinski definition) is 6. The minimum atomic E-state index is -2.45. The standard InChI is InChI=1S/C46H65F5N6O16/c1-26(59)56-41-44(71-29(4)62)42(70-28(3)61)30(25-69-27(2)60)72-45(41)68-24-6-5-11-31(63)54-21-10-22-55-33(65)15-18-46(16-8-23-58,17-14-32(64)53-20-9-19-52)57-34(66)12-7-13-35(67)73-43-39(50)37(48)36(47)38(49)40(43)51/h23,30,41-42,44-45H,5-22,24-25,52H2,1-4H3,(H,53,64)(H,54,63)(H,55,65)(H,56,59)(H,57,66). The summed E-state index contributed by atoms with van der Waals surface area (Å²) in [6.45, 7) is 5.02. The van der Waals surface area contributed by atoms with E-state index in [0.717, 1.165) is 20.8 Å². The summed E-state index contributed by atoms with van der Waals surface area (Å²) in [7, 11) is 0. The van der Waals surface area contributed by atoms with E-state index in [1.807, 2.05) is 0 Å². The van der Waals surface area contributed by atoms with Gasteiger partial charge in [-0.3, -0.25) is 43.2 Å². The lowest BCUT2D eigenvalue weighted by atomic mass is 9.83. The van der Waals surface area contributed by atoms with Crippen LogP contribution in [0.2, 0.25) is 0 Å². The van der Waals surface area contributed by atoms with Crippen molar-refractivity contribution in [1.82, 2.24) is 26.6 Å². The molecule has 0 radical (unpaired) electrons. The number of carbonyl (C=O) groups excluding carboxylic acids is 10. The Morgan fingerprint density at radius 3 is 1.70 bits per heavy atom. The number of ether oxygens (including phenoxy) is 6. The molecule has 7 N–H and O–H groups in total. The van der Waals surface area contributed by atoms with Gasteiger partial charge in [0.05, 0.1) is 0 Å². The number of hydrogen-bond acceptors (Lipinski definition) is 17. The molecule has 1 aliphatic rings. The summed E-state index contributed by atoms with van der Waals surface area (Å²) < 4.78 is 101. The van der Waals surface area contributed by atoms with Crippen molar-refractivity contribution in [3.05, 3.63) is 29.1 Å². The van der Waals surface area contributed by atoms with Crippen molar-refractivity contribution < 1.29 is 98.3 Å². The van der Waals surface area contributed by atoms with Crippen molar-refractivity contribution in [3.8, 4) is 5.75 Å². The van der Waals surface area contributed by atoms with Gasteiger partial charge in [-0.2, -0.15) is 8.78 Å². The summed E-state index contributed by atoms with van der Waals surface area (Å²) in [5.41, 5.74) is 4.18. The average molecular weight is 1050 g/mol. The van der Waals surface area contributed by atoms with Gasteiger partial charge in [0, 0.05) is 98.0 Å². The smallest absolute Gasteiger partial charge is 0.311 e. The van der Waals surface area contributed by atoms with Crippen LogP contribution in [0.1, 0.15) is 118 Å². The Morgan fingerprint density at radius 2 is 1.16 bits per heavy atom. The van der Waals surface area contributed by atoms with E-state index in [9.17, 15) is 69.9 Å². The van der Waals surface area contributed by atoms with Crippen molar-refractivity contribution in [1.29, 1.82) is 0 Å². The second kappa shape index (κ2) is 32.7. The van der Waals surface area contributed by atoms with Crippen LogP contribution in [0.25, 0.3) is 0 Å². The number of unbranched alkanes of at least 4 members (excludes halogenated alkanes) is 1. The number of carbonyl (C=O) groups is 10. The second-order valence-electron chi connectivity index (χ2n) is 16.9. The fraction of sp³-hybridized carbons (Fsp3) is 0.652. The highest BCUT2D eigenvalue weighted by Crippen LogP contribution is 2.31. The summed E-state index contributed by atoms with van der Waals surface area (Å²) in [4.78, 5) is 123. The third-order valence-electron chi connectivity index (χ3n) is 10.8. The quantitative estimate of drug-likeness (QED) is 0.00854. The number of rotatable bonds is 33. The van der Waals surface area contributed by atoms with Crippen LogP contribution in [0.15, 0.2) is 0 Å². The SMILES string of the molecule is CC(=O)NC1C(OCCCCC(=O)NCCCNC(=O)CCC(CCC=O)(CCC(=O)NCCCN)NC(=O)CCCC(=O)Oc2c(F)c(F)c(F)c(F)c2F)OC(COC(C)=O)C(OC(C)=O)C1OC(C)=O. The molecule has 6 unspecified atom stereocenters. The summed E-state index contributed by atoms with van der Waals surface area (Å²) in [6, 6.07) is -1.16. The lowest BCUT2D eigenvalue weighted by molar-refractivity contribution is -0.277. The minimum Gasteiger partial charge on any atom is -0.463 e. The summed E-state index contributed by atoms with van der Waals surface area (Å²) in [5.74, 6) is -19.7. The zero-order chi connectivity index (χ0) is 54.7. The monoisotopic (exact) mass is 1050 g/mol. The van der Waals surface area contributed by atoms with Crippen LogP contribution in [-0.2, 0) is 71.6 Å². The fourth-order valence-corrected chi connectivity index (χ4v) is 7.35. The highest BCUT2D eigenvalue weighted by molar-refractivity contribution is 5.80. The Kier molecular flexibility index (Phi) is 28.1. The maximum absolute atomic E-state index is 14.0. The lowest BCUT2D eigenvalue weighted by Crippen LogP contribution is -2.66. The Balaban J connectivity index is 1.93. The molecule has 0 spiro atoms. The first-order valence-electron chi connectivity index (χ1n) is 23.5. The number of halogens is 5. The fourth-order valence-electron chi connectivity index (χ4n) is 7.35. The molecule has 2 rings (SSSR count). The van der Waals surface area contributed by atoms with Crippen molar-refractivity contribution in [3.63, 3.8) is 0 Å². The number of nitrogens with one attached hydrogen (secondary N) is 5. The number of amides is 5. The van der Waals surface area contributed by atoms with Gasteiger partial charge in [0.2, 0.25) is 64.4 Å². The third kappa shape index (κ3) is 23.0. The van der Waals surface area contributed by atoms with Crippen LogP contribution >= 0.6 is 0 Å². The summed E-state index contributed by atoms with van der Waals surface area (Å²) in [6.07, 6.45) is -4.92. The number of aldehydes is 1. The molecule has 1 heterocycles. The van der Waals surface area contributed by atoms with Gasteiger partial charge in [-0.05, 0) is 57.9 Å². The maximum atomic E-state index is 14.0. The molecule has 5 amide bonds. The summed E-state index contributed by atoms with van der Waals surface area (Å²) >= 11 is 0. The van der Waals surface area contributed by atoms with Crippen molar-refractivity contribution in [2.75, 3.05) is 39.4 Å². The van der Waals surface area contributed by atoms with Crippen LogP contribution < -0.4 is 37.1 Å². The first-order valence-corrected chi connectivity index (χ1v) is 23.5. The predicted molar refractivity (Wildman–Crippen MR) is 241 cm³/mol. The Morgan fingerprint density at radius 1 is 0.630 bits per heavy atom. The molecule has 73 heavy (non-hydrogen) atoms. The Hall–Kier alpha value is -6.35. The normalized spacial score (nSPS) is 18.0. The Bertz CT molecular complexity index is 2060. The molecule has 1 aliphatic heterocycles. The topological polar surface area (TPSA) is 312 Å². The average Bonchev–Trinajstić information content (AvgIpc) is 3.32. The van der Waals surface area contributed by atoms with Crippen molar-refractivity contribution in [2.45, 2.75) is 154 Å². The zero-order valence-electron chi connectivity index (χ0n) is 41.1. The van der Waals surface area contributed by atoms with Crippen LogP contribution in [0.4, 0.5) is 22.0 Å². The minimum absolute atomic E-state index is 0.00920. The molecule has 0 aromatic heterocycles. The zero-order valence-corrected chi connectivity index (χ0v) is 41.1. The molecule has 1 aromatic rings. The molecule has 22 nitrogen and oxygen atoms in total. The second-order valence-corrected chi connectivity index (χ2v) is 16.9. The molecule has 0 aliphatic carbocycles. The first-order chi connectivity index (χ1) is 34.5. The number of benzene rings is 1. The van der Waals surface area contributed by atoms with Gasteiger partial charge in [-0.15, -0.1) is 0 Å². The molecule has 6 atom stereocenters. The lowest BCUT2D eigenvalue weighted by Gasteiger charge is -2.44. The molecule has 27 heteroatoms. The largest absolute Gasteiger partial charge is 0.463 e. The van der Waals surface area contributed by atoms with E-state index in [0.29, 0.717) is 38.5 Å². The first kappa shape index (κ1) is 62.8.